The smallest absolute Gasteiger partial charge is 0.235 e. The molecule has 0 fully saturated rings. The lowest BCUT2D eigenvalue weighted by atomic mass is 10.2. The molecule has 3 heterocycles. The molecule has 0 atom stereocenters. The van der Waals surface area contributed by atoms with Gasteiger partial charge in [0, 0.05) is 24.8 Å². The zero-order valence-corrected chi connectivity index (χ0v) is 15.2. The van der Waals surface area contributed by atoms with Crippen LogP contribution in [0.15, 0.2) is 42.9 Å². The largest absolute Gasteiger partial charge is 0.324 e. The van der Waals surface area contributed by atoms with Crippen molar-refractivity contribution < 1.29 is 8.42 Å². The van der Waals surface area contributed by atoms with E-state index >= 15 is 0 Å². The Balaban J connectivity index is 1.57. The maximum Gasteiger partial charge on any atom is 0.235 e. The van der Waals surface area contributed by atoms with Gasteiger partial charge in [-0.2, -0.15) is 10.1 Å². The van der Waals surface area contributed by atoms with Gasteiger partial charge in [-0.3, -0.25) is 4.90 Å². The fourth-order valence-corrected chi connectivity index (χ4v) is 3.65. The predicted molar refractivity (Wildman–Crippen MR) is 100 cm³/mol. The molecule has 0 unspecified atom stereocenters. The van der Waals surface area contributed by atoms with Crippen LogP contribution in [0.3, 0.4) is 0 Å². The van der Waals surface area contributed by atoms with Crippen molar-refractivity contribution >= 4 is 33.4 Å². The Hall–Kier alpha value is -3.05. The van der Waals surface area contributed by atoms with Crippen LogP contribution in [-0.4, -0.2) is 39.7 Å². The number of sulfonamides is 1. The van der Waals surface area contributed by atoms with Gasteiger partial charge in [0.25, 0.3) is 0 Å². The molecule has 0 saturated carbocycles. The Labute approximate surface area is 156 Å². The molecule has 140 valence electrons. The second-order valence-electron chi connectivity index (χ2n) is 6.16. The first-order valence-electron chi connectivity index (χ1n) is 8.33. The molecule has 0 radical (unpaired) electrons. The molecule has 1 aliphatic heterocycles. The molecule has 11 heteroatoms. The molecular weight excluding hydrogens is 368 g/mol. The number of benzene rings is 1. The van der Waals surface area contributed by atoms with E-state index in [-0.39, 0.29) is 5.75 Å². The quantitative estimate of drug-likeness (QED) is 0.667. The Morgan fingerprint density at radius 2 is 2.07 bits per heavy atom. The van der Waals surface area contributed by atoms with E-state index in [1.807, 2.05) is 15.6 Å². The monoisotopic (exact) mass is 386 g/mol. The first-order chi connectivity index (χ1) is 13.0. The van der Waals surface area contributed by atoms with Gasteiger partial charge in [0.2, 0.25) is 21.9 Å². The molecule has 1 aromatic carbocycles. The molecule has 0 bridgehead atoms. The summed E-state index contributed by atoms with van der Waals surface area (Å²) in [5, 5.41) is 12.5. The molecule has 0 amide bonds. The second-order valence-corrected chi connectivity index (χ2v) is 7.77. The molecule has 0 aliphatic carbocycles. The molecule has 0 saturated heterocycles. The number of hydrogen-bond acceptors (Lipinski definition) is 8. The summed E-state index contributed by atoms with van der Waals surface area (Å²) >= 11 is 0. The molecule has 2 aromatic heterocycles. The number of fused-ring (bicyclic) bond motifs is 1. The Morgan fingerprint density at radius 1 is 1.19 bits per heavy atom. The van der Waals surface area contributed by atoms with E-state index in [1.54, 1.807) is 30.5 Å². The number of aromatic nitrogens is 5. The summed E-state index contributed by atoms with van der Waals surface area (Å²) in [5.74, 6) is 1.59. The standard InChI is InChI=1S/C16H18N8O2S/c17-27(25,26)10-12-3-1-4-13(9-12)21-15-18-11-19-16(22-15)23-7-2-8-24-14(23)5-6-20-24/h1,3-6,9,11H,2,7-8,10H2,(H2,17,25,26)(H,18,19,21,22). The topological polar surface area (TPSA) is 132 Å². The Kier molecular flexibility index (Phi) is 4.46. The highest BCUT2D eigenvalue weighted by atomic mass is 32.2. The van der Waals surface area contributed by atoms with E-state index in [0.717, 1.165) is 25.3 Å². The molecule has 4 rings (SSSR count). The lowest BCUT2D eigenvalue weighted by Crippen LogP contribution is -2.29. The van der Waals surface area contributed by atoms with Gasteiger partial charge in [-0.1, -0.05) is 12.1 Å². The molecule has 1 aliphatic rings. The summed E-state index contributed by atoms with van der Waals surface area (Å²) in [5.41, 5.74) is 1.24. The third-order valence-corrected chi connectivity index (χ3v) is 4.81. The number of rotatable bonds is 5. The van der Waals surface area contributed by atoms with Crippen LogP contribution in [0.5, 0.6) is 0 Å². The van der Waals surface area contributed by atoms with Crippen LogP contribution in [-0.2, 0) is 22.3 Å². The van der Waals surface area contributed by atoms with Crippen LogP contribution in [0.25, 0.3) is 0 Å². The van der Waals surface area contributed by atoms with Gasteiger partial charge in [-0.15, -0.1) is 0 Å². The molecule has 3 N–H and O–H groups in total. The maximum absolute atomic E-state index is 11.3. The SMILES string of the molecule is NS(=O)(=O)Cc1cccc(Nc2ncnc(N3CCCn4nccc43)n2)c1. The van der Waals surface area contributed by atoms with E-state index in [4.69, 9.17) is 5.14 Å². The summed E-state index contributed by atoms with van der Waals surface area (Å²) in [4.78, 5) is 14.9. The van der Waals surface area contributed by atoms with Crippen LogP contribution in [0.2, 0.25) is 0 Å². The van der Waals surface area contributed by atoms with Crippen LogP contribution in [0.1, 0.15) is 12.0 Å². The lowest BCUT2D eigenvalue weighted by molar-refractivity contribution is 0.538. The predicted octanol–water partition coefficient (Wildman–Crippen LogP) is 1.14. The van der Waals surface area contributed by atoms with Gasteiger partial charge in [0.1, 0.15) is 12.1 Å². The number of aryl methyl sites for hydroxylation is 1. The summed E-state index contributed by atoms with van der Waals surface area (Å²) in [7, 11) is -3.59. The molecule has 0 spiro atoms. The molecule has 3 aromatic rings. The Morgan fingerprint density at radius 3 is 2.93 bits per heavy atom. The molecule has 27 heavy (non-hydrogen) atoms. The van der Waals surface area contributed by atoms with Gasteiger partial charge in [-0.05, 0) is 24.1 Å². The number of nitrogens with zero attached hydrogens (tertiary/aromatic N) is 6. The number of nitrogens with one attached hydrogen (secondary N) is 1. The highest BCUT2D eigenvalue weighted by Crippen LogP contribution is 2.26. The second kappa shape index (κ2) is 6.93. The normalized spacial score (nSPS) is 14.0. The Bertz CT molecular complexity index is 1070. The van der Waals surface area contributed by atoms with E-state index in [0.29, 0.717) is 23.1 Å². The highest BCUT2D eigenvalue weighted by molar-refractivity contribution is 7.88. The van der Waals surface area contributed by atoms with Crippen molar-refractivity contribution in [3.8, 4) is 0 Å². The number of nitrogens with two attached hydrogens (primary N) is 1. The van der Waals surface area contributed by atoms with Crippen LogP contribution in [0.4, 0.5) is 23.4 Å². The number of anilines is 4. The van der Waals surface area contributed by atoms with Crippen molar-refractivity contribution in [2.45, 2.75) is 18.7 Å². The third kappa shape index (κ3) is 4.04. The minimum atomic E-state index is -3.59. The fourth-order valence-electron chi connectivity index (χ4n) is 3.00. The first kappa shape index (κ1) is 17.4. The summed E-state index contributed by atoms with van der Waals surface area (Å²) in [6.07, 6.45) is 4.14. The van der Waals surface area contributed by atoms with Crippen molar-refractivity contribution in [2.75, 3.05) is 16.8 Å². The van der Waals surface area contributed by atoms with Crippen molar-refractivity contribution in [3.05, 3.63) is 48.4 Å². The van der Waals surface area contributed by atoms with E-state index in [1.165, 1.54) is 6.33 Å². The van der Waals surface area contributed by atoms with Crippen LogP contribution >= 0.6 is 0 Å². The van der Waals surface area contributed by atoms with Gasteiger partial charge in [0.05, 0.1) is 11.9 Å². The first-order valence-corrected chi connectivity index (χ1v) is 10.0. The maximum atomic E-state index is 11.3. The molecular formula is C16H18N8O2S. The third-order valence-electron chi connectivity index (χ3n) is 4.07. The van der Waals surface area contributed by atoms with Crippen LogP contribution in [0, 0.1) is 0 Å². The van der Waals surface area contributed by atoms with Gasteiger partial charge in [-0.25, -0.2) is 28.2 Å². The van der Waals surface area contributed by atoms with E-state index in [2.05, 4.69) is 25.4 Å². The van der Waals surface area contributed by atoms with E-state index in [9.17, 15) is 8.42 Å². The van der Waals surface area contributed by atoms with Crippen LogP contribution < -0.4 is 15.4 Å². The minimum absolute atomic E-state index is 0.233. The van der Waals surface area contributed by atoms with Crippen molar-refractivity contribution in [3.63, 3.8) is 0 Å². The van der Waals surface area contributed by atoms with Gasteiger partial charge >= 0.3 is 0 Å². The van der Waals surface area contributed by atoms with Crippen molar-refractivity contribution in [2.24, 2.45) is 5.14 Å². The van der Waals surface area contributed by atoms with Crippen molar-refractivity contribution in [1.29, 1.82) is 0 Å². The molecule has 10 nitrogen and oxygen atoms in total. The van der Waals surface area contributed by atoms with E-state index < -0.39 is 10.0 Å². The van der Waals surface area contributed by atoms with Gasteiger partial charge in [0.15, 0.2) is 0 Å². The average Bonchev–Trinajstić information content (AvgIpc) is 3.09. The zero-order valence-electron chi connectivity index (χ0n) is 14.4. The van der Waals surface area contributed by atoms with Crippen molar-refractivity contribution in [1.82, 2.24) is 24.7 Å². The summed E-state index contributed by atoms with van der Waals surface area (Å²) in [6.45, 7) is 1.66. The zero-order chi connectivity index (χ0) is 18.9. The average molecular weight is 386 g/mol. The number of primary sulfonamides is 1. The summed E-state index contributed by atoms with van der Waals surface area (Å²) in [6, 6.07) is 8.86. The minimum Gasteiger partial charge on any atom is -0.324 e. The number of hydrogen-bond donors (Lipinski definition) is 2. The van der Waals surface area contributed by atoms with Gasteiger partial charge < -0.3 is 5.32 Å². The fraction of sp³-hybridized carbons (Fsp3) is 0.250. The highest BCUT2D eigenvalue weighted by Gasteiger charge is 2.21. The summed E-state index contributed by atoms with van der Waals surface area (Å²) < 4.78 is 24.5. The lowest BCUT2D eigenvalue weighted by Gasteiger charge is -2.27.